The van der Waals surface area contributed by atoms with Crippen LogP contribution in [0, 0.1) is 11.8 Å². The molecule has 0 heterocycles. The van der Waals surface area contributed by atoms with Crippen LogP contribution in [0.15, 0.2) is 40.3 Å². The highest BCUT2D eigenvalue weighted by atomic mass is 16.4. The number of aliphatic imine (C=N–C) groups is 2. The van der Waals surface area contributed by atoms with E-state index in [1.165, 1.54) is 0 Å². The van der Waals surface area contributed by atoms with E-state index in [9.17, 15) is 38.7 Å². The maximum Gasteiger partial charge on any atom is 0.305 e. The molecule has 0 radical (unpaired) electrons. The average Bonchev–Trinajstić information content (AvgIpc) is 3.17. The van der Waals surface area contributed by atoms with Gasteiger partial charge in [-0.15, -0.1) is 0 Å². The number of aliphatic carboxylic acids is 1. The molecule has 57 heavy (non-hydrogen) atoms. The Hall–Kier alpha value is -5.79. The zero-order valence-electron chi connectivity index (χ0n) is 33.2. The third kappa shape index (κ3) is 19.1. The number of aldehydes is 1. The van der Waals surface area contributed by atoms with Crippen molar-refractivity contribution in [2.24, 2.45) is 50.5 Å². The Balaban J connectivity index is 3.39. The van der Waals surface area contributed by atoms with Crippen molar-refractivity contribution in [3.63, 3.8) is 0 Å². The van der Waals surface area contributed by atoms with Gasteiger partial charge in [0.1, 0.15) is 30.5 Å². The Morgan fingerprint density at radius 3 is 1.72 bits per heavy atom. The van der Waals surface area contributed by atoms with Crippen LogP contribution in [0.2, 0.25) is 0 Å². The van der Waals surface area contributed by atoms with Crippen molar-refractivity contribution in [3.8, 4) is 0 Å². The number of hydrogen-bond acceptors (Lipinski definition) is 10. The van der Waals surface area contributed by atoms with Crippen LogP contribution in [0.25, 0.3) is 0 Å². The monoisotopic (exact) mass is 802 g/mol. The number of nitrogens with zero attached hydrogens (tertiary/aromatic N) is 2. The summed E-state index contributed by atoms with van der Waals surface area (Å²) in [7, 11) is 0. The van der Waals surface area contributed by atoms with Crippen molar-refractivity contribution in [1.82, 2.24) is 26.6 Å². The Labute approximate surface area is 333 Å². The molecule has 16 N–H and O–H groups in total. The van der Waals surface area contributed by atoms with Gasteiger partial charge in [-0.1, -0.05) is 70.9 Å². The van der Waals surface area contributed by atoms with E-state index in [2.05, 4.69) is 36.6 Å². The van der Waals surface area contributed by atoms with Gasteiger partial charge in [0.15, 0.2) is 11.9 Å². The van der Waals surface area contributed by atoms with E-state index in [-0.39, 0.29) is 56.6 Å². The Kier molecular flexibility index (Phi) is 22.6. The van der Waals surface area contributed by atoms with E-state index < -0.39 is 84.1 Å². The minimum atomic E-state index is -1.59. The van der Waals surface area contributed by atoms with Gasteiger partial charge in [-0.05, 0) is 43.1 Å². The van der Waals surface area contributed by atoms with Crippen LogP contribution in [0.1, 0.15) is 78.2 Å². The second-order valence-corrected chi connectivity index (χ2v) is 13.9. The number of carboxylic acids is 1. The molecule has 0 aliphatic rings. The van der Waals surface area contributed by atoms with Crippen LogP contribution < -0.4 is 55.3 Å². The predicted molar refractivity (Wildman–Crippen MR) is 215 cm³/mol. The first-order valence-corrected chi connectivity index (χ1v) is 19.0. The van der Waals surface area contributed by atoms with E-state index in [4.69, 9.17) is 28.7 Å². The SMILES string of the molecule is CC[C@H](C)[C@H](N)C(=O)N[C@@H](CC(=O)O)C(=O)N[C@@H](CCCN=C(N)N)C(=O)N[C@H](C(=O)N[C@@H](Cc1ccccc1)C(=O)N[C@H](C=O)CCCN=C(N)N)[C@@H](C)CC. The van der Waals surface area contributed by atoms with Crippen molar-refractivity contribution in [3.05, 3.63) is 35.9 Å². The highest BCUT2D eigenvalue weighted by Crippen LogP contribution is 2.13. The average molecular weight is 803 g/mol. The fourth-order valence-corrected chi connectivity index (χ4v) is 5.46. The number of guanidine groups is 2. The molecule has 5 amide bonds. The second-order valence-electron chi connectivity index (χ2n) is 13.9. The van der Waals surface area contributed by atoms with Gasteiger partial charge in [-0.3, -0.25) is 38.8 Å². The van der Waals surface area contributed by atoms with Crippen LogP contribution in [0.5, 0.6) is 0 Å². The molecule has 0 aliphatic carbocycles. The van der Waals surface area contributed by atoms with E-state index in [0.717, 1.165) is 0 Å². The first kappa shape index (κ1) is 49.2. The number of carbonyl (C=O) groups is 7. The fraction of sp³-hybridized carbons (Fsp3) is 0.595. The summed E-state index contributed by atoms with van der Waals surface area (Å²) in [6.45, 7) is 7.36. The van der Waals surface area contributed by atoms with E-state index in [1.54, 1.807) is 51.1 Å². The molecular formula is C37H62N12O8. The van der Waals surface area contributed by atoms with E-state index >= 15 is 0 Å². The molecule has 1 aromatic carbocycles. The maximum absolute atomic E-state index is 14.0. The third-order valence-corrected chi connectivity index (χ3v) is 9.32. The van der Waals surface area contributed by atoms with Gasteiger partial charge in [0.2, 0.25) is 29.5 Å². The van der Waals surface area contributed by atoms with Gasteiger partial charge in [-0.25, -0.2) is 0 Å². The molecule has 0 aliphatic heterocycles. The number of carbonyl (C=O) groups excluding carboxylic acids is 6. The molecule has 8 atom stereocenters. The van der Waals surface area contributed by atoms with Gasteiger partial charge >= 0.3 is 5.97 Å². The quantitative estimate of drug-likeness (QED) is 0.0196. The summed E-state index contributed by atoms with van der Waals surface area (Å²) in [6.07, 6.45) is 1.49. The Morgan fingerprint density at radius 1 is 0.684 bits per heavy atom. The second kappa shape index (κ2) is 26.1. The lowest BCUT2D eigenvalue weighted by Gasteiger charge is -2.29. The van der Waals surface area contributed by atoms with Crippen LogP contribution >= 0.6 is 0 Å². The molecule has 0 aromatic heterocycles. The number of hydrogen-bond donors (Lipinski definition) is 11. The molecule has 0 bridgehead atoms. The van der Waals surface area contributed by atoms with Crippen LogP contribution in [-0.4, -0.2) is 108 Å². The fourth-order valence-electron chi connectivity index (χ4n) is 5.46. The normalized spacial score (nSPS) is 15.0. The molecule has 0 saturated heterocycles. The molecule has 318 valence electrons. The summed E-state index contributed by atoms with van der Waals surface area (Å²) in [6, 6.07) is 1.56. The Bertz CT molecular complexity index is 1540. The lowest BCUT2D eigenvalue weighted by Crippen LogP contribution is -2.60. The molecule has 1 aromatic rings. The van der Waals surface area contributed by atoms with Crippen LogP contribution in [-0.2, 0) is 40.0 Å². The van der Waals surface area contributed by atoms with Crippen molar-refractivity contribution in [1.29, 1.82) is 0 Å². The minimum absolute atomic E-state index is 0.0417. The van der Waals surface area contributed by atoms with Crippen molar-refractivity contribution >= 4 is 53.7 Å². The van der Waals surface area contributed by atoms with Gasteiger partial charge < -0.3 is 65.2 Å². The lowest BCUT2D eigenvalue weighted by molar-refractivity contribution is -0.141. The minimum Gasteiger partial charge on any atom is -0.481 e. The molecule has 20 heteroatoms. The van der Waals surface area contributed by atoms with Crippen molar-refractivity contribution < 1.29 is 38.7 Å². The summed E-state index contributed by atoms with van der Waals surface area (Å²) in [5.74, 6) is -6.36. The zero-order chi connectivity index (χ0) is 43.1. The molecule has 0 saturated carbocycles. The van der Waals surface area contributed by atoms with Crippen molar-refractivity contribution in [2.75, 3.05) is 13.1 Å². The van der Waals surface area contributed by atoms with Gasteiger partial charge in [-0.2, -0.15) is 0 Å². The molecule has 0 unspecified atom stereocenters. The lowest BCUT2D eigenvalue weighted by atomic mass is 9.96. The standard InChI is InChI=1S/C37H62N12O8/c1-5-21(3)29(38)34(56)47-27(19-28(51)52)33(55)46-25(15-11-17-44-37(41)42)31(53)49-30(22(4)6-2)35(57)48-26(18-23-12-8-7-9-13-23)32(54)45-24(20-50)14-10-16-43-36(39)40/h7-9,12-13,20-22,24-27,29-30H,5-6,10-11,14-19,38H2,1-4H3,(H,45,54)(H,46,55)(H,47,56)(H,48,57)(H,49,53)(H,51,52)(H4,39,40,43)(H4,41,42,44)/t21-,22-,24-,25-,26-,27-,29-,30-/m0/s1. The molecular weight excluding hydrogens is 740 g/mol. The summed E-state index contributed by atoms with van der Waals surface area (Å²) in [5.41, 5.74) is 28.3. The van der Waals surface area contributed by atoms with E-state index in [0.29, 0.717) is 31.1 Å². The van der Waals surface area contributed by atoms with Gasteiger partial charge in [0.05, 0.1) is 18.5 Å². The van der Waals surface area contributed by atoms with Gasteiger partial charge in [0, 0.05) is 19.5 Å². The molecule has 0 spiro atoms. The first-order valence-electron chi connectivity index (χ1n) is 19.0. The van der Waals surface area contributed by atoms with Crippen LogP contribution in [0.3, 0.4) is 0 Å². The predicted octanol–water partition coefficient (Wildman–Crippen LogP) is -2.15. The Morgan fingerprint density at radius 2 is 1.19 bits per heavy atom. The molecule has 1 rings (SSSR count). The number of benzene rings is 1. The number of rotatable bonds is 27. The number of carboxylic acid groups (broad SMARTS) is 1. The third-order valence-electron chi connectivity index (χ3n) is 9.32. The maximum atomic E-state index is 14.0. The summed E-state index contributed by atoms with van der Waals surface area (Å²) in [4.78, 5) is 99.3. The topological polar surface area (TPSA) is 355 Å². The highest BCUT2D eigenvalue weighted by Gasteiger charge is 2.35. The highest BCUT2D eigenvalue weighted by molar-refractivity contribution is 5.97. The van der Waals surface area contributed by atoms with E-state index in [1.807, 2.05) is 6.92 Å². The van der Waals surface area contributed by atoms with Gasteiger partial charge in [0.25, 0.3) is 0 Å². The molecule has 0 fully saturated rings. The van der Waals surface area contributed by atoms with Crippen LogP contribution in [0.4, 0.5) is 0 Å². The summed E-state index contributed by atoms with van der Waals surface area (Å²) in [5, 5.41) is 22.5. The number of nitrogens with one attached hydrogen (secondary N) is 5. The zero-order valence-corrected chi connectivity index (χ0v) is 33.2. The largest absolute Gasteiger partial charge is 0.481 e. The van der Waals surface area contributed by atoms with Crippen molar-refractivity contribution in [2.45, 2.75) is 115 Å². The molecule has 20 nitrogen and oxygen atoms in total. The smallest absolute Gasteiger partial charge is 0.305 e. The summed E-state index contributed by atoms with van der Waals surface area (Å²) >= 11 is 0. The number of amides is 5. The number of nitrogens with two attached hydrogens (primary N) is 5. The first-order chi connectivity index (χ1) is 26.9. The summed E-state index contributed by atoms with van der Waals surface area (Å²) < 4.78 is 0.